The molecule has 3 heteroatoms. The topological polar surface area (TPSA) is 15.3 Å². The Labute approximate surface area is 132 Å². The molecule has 0 spiro atoms. The molecule has 2 nitrogen and oxygen atoms in total. The minimum atomic E-state index is 0.740. The third-order valence-corrected chi connectivity index (χ3v) is 4.00. The fourth-order valence-electron chi connectivity index (χ4n) is 2.15. The van der Waals surface area contributed by atoms with Gasteiger partial charge >= 0.3 is 0 Å². The summed E-state index contributed by atoms with van der Waals surface area (Å²) in [5.74, 6) is 0. The number of aryl methyl sites for hydroxylation is 2. The predicted octanol–water partition coefficient (Wildman–Crippen LogP) is 4.39. The van der Waals surface area contributed by atoms with Crippen LogP contribution in [0.2, 0.25) is 0 Å². The van der Waals surface area contributed by atoms with Gasteiger partial charge in [-0.25, -0.2) is 0 Å². The van der Waals surface area contributed by atoms with Crippen LogP contribution in [0.25, 0.3) is 0 Å². The Balaban J connectivity index is 1.97. The predicted molar refractivity (Wildman–Crippen MR) is 94.7 cm³/mol. The molecule has 0 saturated heterocycles. The third-order valence-electron chi connectivity index (χ3n) is 3.58. The zero-order valence-corrected chi connectivity index (χ0v) is 13.7. The lowest BCUT2D eigenvalue weighted by Crippen LogP contribution is -2.30. The summed E-state index contributed by atoms with van der Waals surface area (Å²) in [6.45, 7) is 5.05. The number of nitrogens with one attached hydrogen (secondary N) is 1. The molecule has 110 valence electrons. The van der Waals surface area contributed by atoms with E-state index in [1.165, 1.54) is 16.7 Å². The molecular formula is C18H22N2S. The van der Waals surface area contributed by atoms with E-state index in [1.54, 1.807) is 0 Å². The highest BCUT2D eigenvalue weighted by molar-refractivity contribution is 7.80. The average molecular weight is 298 g/mol. The third kappa shape index (κ3) is 4.30. The van der Waals surface area contributed by atoms with Crippen LogP contribution in [0.4, 0.5) is 5.69 Å². The van der Waals surface area contributed by atoms with Gasteiger partial charge in [0.05, 0.1) is 0 Å². The summed E-state index contributed by atoms with van der Waals surface area (Å²) in [6.07, 6.45) is 1.07. The van der Waals surface area contributed by atoms with Gasteiger partial charge in [0, 0.05) is 19.3 Å². The molecule has 0 bridgehead atoms. The van der Waals surface area contributed by atoms with E-state index in [4.69, 9.17) is 12.2 Å². The lowest BCUT2D eigenvalue weighted by Gasteiger charge is -2.22. The number of para-hydroxylation sites is 1. The molecule has 2 aromatic rings. The smallest absolute Gasteiger partial charge is 0.173 e. The Kier molecular flexibility index (Phi) is 5.34. The van der Waals surface area contributed by atoms with Gasteiger partial charge in [0.15, 0.2) is 5.11 Å². The molecule has 21 heavy (non-hydrogen) atoms. The van der Waals surface area contributed by atoms with Gasteiger partial charge in [0.1, 0.15) is 0 Å². The Bertz CT molecular complexity index is 605. The summed E-state index contributed by atoms with van der Waals surface area (Å²) < 4.78 is 0. The van der Waals surface area contributed by atoms with Gasteiger partial charge in [-0.3, -0.25) is 0 Å². The van der Waals surface area contributed by atoms with Gasteiger partial charge in [0.2, 0.25) is 0 Å². The van der Waals surface area contributed by atoms with Crippen molar-refractivity contribution in [1.82, 2.24) is 4.90 Å². The van der Waals surface area contributed by atoms with Crippen molar-refractivity contribution in [1.29, 1.82) is 0 Å². The molecule has 1 N–H and O–H groups in total. The van der Waals surface area contributed by atoms with E-state index in [1.807, 2.05) is 25.2 Å². The zero-order valence-electron chi connectivity index (χ0n) is 12.9. The molecule has 0 aliphatic heterocycles. The maximum atomic E-state index is 5.48. The Morgan fingerprint density at radius 3 is 2.29 bits per heavy atom. The number of benzene rings is 2. The Morgan fingerprint density at radius 2 is 1.67 bits per heavy atom. The molecule has 0 atom stereocenters. The minimum absolute atomic E-state index is 0.740. The Morgan fingerprint density at radius 1 is 1.05 bits per heavy atom. The highest BCUT2D eigenvalue weighted by Crippen LogP contribution is 2.14. The van der Waals surface area contributed by atoms with E-state index in [-0.39, 0.29) is 0 Å². The van der Waals surface area contributed by atoms with Crippen LogP contribution in [0.15, 0.2) is 48.5 Å². The van der Waals surface area contributed by atoms with E-state index in [2.05, 4.69) is 54.4 Å². The van der Waals surface area contributed by atoms with Crippen molar-refractivity contribution in [2.24, 2.45) is 0 Å². The van der Waals surface area contributed by atoms with Crippen molar-refractivity contribution in [2.45, 2.75) is 26.8 Å². The number of thiocarbonyl (C=S) groups is 1. The Hall–Kier alpha value is -1.87. The van der Waals surface area contributed by atoms with Crippen molar-refractivity contribution in [3.05, 3.63) is 65.2 Å². The van der Waals surface area contributed by atoms with E-state index in [0.29, 0.717) is 0 Å². The van der Waals surface area contributed by atoms with Gasteiger partial charge < -0.3 is 10.2 Å². The zero-order chi connectivity index (χ0) is 15.2. The molecule has 2 aromatic carbocycles. The molecule has 0 fully saturated rings. The summed E-state index contributed by atoms with van der Waals surface area (Å²) in [4.78, 5) is 2.06. The van der Waals surface area contributed by atoms with Crippen LogP contribution in [-0.4, -0.2) is 17.1 Å². The van der Waals surface area contributed by atoms with E-state index in [0.717, 1.165) is 23.8 Å². The van der Waals surface area contributed by atoms with E-state index < -0.39 is 0 Å². The van der Waals surface area contributed by atoms with Crippen molar-refractivity contribution < 1.29 is 0 Å². The first-order valence-corrected chi connectivity index (χ1v) is 7.66. The van der Waals surface area contributed by atoms with Gasteiger partial charge in [-0.15, -0.1) is 0 Å². The van der Waals surface area contributed by atoms with Crippen molar-refractivity contribution in [3.63, 3.8) is 0 Å². The summed E-state index contributed by atoms with van der Waals surface area (Å²) in [6, 6.07) is 16.9. The van der Waals surface area contributed by atoms with Crippen LogP contribution in [0.3, 0.4) is 0 Å². The summed E-state index contributed by atoms with van der Waals surface area (Å²) >= 11 is 5.48. The second kappa shape index (κ2) is 7.23. The fourth-order valence-corrected chi connectivity index (χ4v) is 2.32. The van der Waals surface area contributed by atoms with Crippen LogP contribution in [0, 0.1) is 6.92 Å². The second-order valence-corrected chi connectivity index (χ2v) is 5.66. The SMILES string of the molecule is CCc1ccc(CN(C)C(=S)Nc2ccccc2C)cc1. The van der Waals surface area contributed by atoms with Gasteiger partial charge in [0.25, 0.3) is 0 Å². The van der Waals surface area contributed by atoms with Crippen LogP contribution >= 0.6 is 12.2 Å². The quantitative estimate of drug-likeness (QED) is 0.843. The first-order chi connectivity index (χ1) is 10.1. The molecule has 0 aromatic heterocycles. The molecule has 0 aliphatic rings. The molecule has 0 heterocycles. The number of hydrogen-bond donors (Lipinski definition) is 1. The van der Waals surface area contributed by atoms with Crippen LogP contribution in [-0.2, 0) is 13.0 Å². The highest BCUT2D eigenvalue weighted by atomic mass is 32.1. The highest BCUT2D eigenvalue weighted by Gasteiger charge is 2.06. The molecule has 0 radical (unpaired) electrons. The van der Waals surface area contributed by atoms with Crippen LogP contribution < -0.4 is 5.32 Å². The number of anilines is 1. The summed E-state index contributed by atoms with van der Waals surface area (Å²) in [5, 5.41) is 4.05. The molecular weight excluding hydrogens is 276 g/mol. The van der Waals surface area contributed by atoms with Crippen molar-refractivity contribution in [3.8, 4) is 0 Å². The molecule has 2 rings (SSSR count). The molecule has 0 aliphatic carbocycles. The molecule has 0 unspecified atom stereocenters. The van der Waals surface area contributed by atoms with Gasteiger partial charge in [-0.1, -0.05) is 49.4 Å². The van der Waals surface area contributed by atoms with Gasteiger partial charge in [-0.05, 0) is 48.3 Å². The first-order valence-electron chi connectivity index (χ1n) is 7.25. The second-order valence-electron chi connectivity index (χ2n) is 5.27. The summed E-state index contributed by atoms with van der Waals surface area (Å²) in [5.41, 5.74) is 4.89. The normalized spacial score (nSPS) is 10.2. The van der Waals surface area contributed by atoms with Crippen molar-refractivity contribution in [2.75, 3.05) is 12.4 Å². The molecule has 0 amide bonds. The lowest BCUT2D eigenvalue weighted by atomic mass is 10.1. The summed E-state index contributed by atoms with van der Waals surface area (Å²) in [7, 11) is 2.02. The maximum absolute atomic E-state index is 5.48. The maximum Gasteiger partial charge on any atom is 0.173 e. The number of rotatable bonds is 4. The monoisotopic (exact) mass is 298 g/mol. The number of nitrogens with zero attached hydrogens (tertiary/aromatic N) is 1. The lowest BCUT2D eigenvalue weighted by molar-refractivity contribution is 0.508. The minimum Gasteiger partial charge on any atom is -0.348 e. The van der Waals surface area contributed by atoms with E-state index in [9.17, 15) is 0 Å². The largest absolute Gasteiger partial charge is 0.348 e. The average Bonchev–Trinajstić information content (AvgIpc) is 2.50. The fraction of sp³-hybridized carbons (Fsp3) is 0.278. The van der Waals surface area contributed by atoms with Crippen LogP contribution in [0.1, 0.15) is 23.6 Å². The van der Waals surface area contributed by atoms with Crippen LogP contribution in [0.5, 0.6) is 0 Å². The number of hydrogen-bond acceptors (Lipinski definition) is 1. The van der Waals surface area contributed by atoms with Gasteiger partial charge in [-0.2, -0.15) is 0 Å². The van der Waals surface area contributed by atoms with Crippen molar-refractivity contribution >= 4 is 23.0 Å². The standard InChI is InChI=1S/C18H22N2S/c1-4-15-9-11-16(12-10-15)13-20(3)18(21)19-17-8-6-5-7-14(17)2/h5-12H,4,13H2,1-3H3,(H,19,21). The van der Waals surface area contributed by atoms with E-state index >= 15 is 0 Å². The molecule has 0 saturated carbocycles. The first kappa shape index (κ1) is 15.5.